The topological polar surface area (TPSA) is 33.3 Å². The smallest absolute Gasteiger partial charge is 0.170 e. The van der Waals surface area contributed by atoms with Crippen LogP contribution in [0.1, 0.15) is 11.1 Å². The molecule has 0 unspecified atom stereocenters. The van der Waals surface area contributed by atoms with Gasteiger partial charge in [0.2, 0.25) is 0 Å². The van der Waals surface area contributed by atoms with Crippen molar-refractivity contribution in [2.24, 2.45) is 0 Å². The zero-order chi connectivity index (χ0) is 20.6. The Morgan fingerprint density at radius 3 is 2.39 bits per heavy atom. The predicted octanol–water partition coefficient (Wildman–Crippen LogP) is 6.67. The maximum absolute atomic E-state index is 5.64. The quantitative estimate of drug-likeness (QED) is 0.224. The van der Waals surface area contributed by atoms with E-state index in [1.807, 2.05) is 12.3 Å². The number of fused-ring (bicyclic) bond motifs is 7. The van der Waals surface area contributed by atoms with Gasteiger partial charge in [-0.1, -0.05) is 60.7 Å². The minimum Gasteiger partial charge on any atom is -0.384 e. The number of para-hydroxylation sites is 1. The Hall–Kier alpha value is -3.98. The maximum atomic E-state index is 5.64. The first-order valence-electron chi connectivity index (χ1n) is 10.7. The summed E-state index contributed by atoms with van der Waals surface area (Å²) in [5.41, 5.74) is 6.71. The van der Waals surface area contributed by atoms with E-state index >= 15 is 0 Å². The molecule has 0 aromatic heterocycles. The Morgan fingerprint density at radius 1 is 0.677 bits per heavy atom. The van der Waals surface area contributed by atoms with Gasteiger partial charge in [0.1, 0.15) is 0 Å². The second-order valence-corrected chi connectivity index (χ2v) is 7.95. The first-order chi connectivity index (χ1) is 15.4. The van der Waals surface area contributed by atoms with Crippen LogP contribution in [-0.2, 0) is 6.42 Å². The summed E-state index contributed by atoms with van der Waals surface area (Å²) < 4.78 is 0. The van der Waals surface area contributed by atoms with E-state index in [4.69, 9.17) is 4.84 Å². The van der Waals surface area contributed by atoms with Crippen LogP contribution in [0.4, 0.5) is 5.69 Å². The molecule has 31 heavy (non-hydrogen) atoms. The standard InChI is InChI=1S/C20H13NO.C8H9N/c1-2-4-15-12-19-16(11-14(15)3-1)6-8-18-17(19)7-5-13-9-10-21-22-20(13)18;1-2-4-8-7(3-1)5-6-9-8/h1-12,21H;1-4,9H,5-6H2. The van der Waals surface area contributed by atoms with Gasteiger partial charge >= 0.3 is 0 Å². The van der Waals surface area contributed by atoms with E-state index in [2.05, 4.69) is 95.7 Å². The Balaban J connectivity index is 0.000000172. The highest BCUT2D eigenvalue weighted by Crippen LogP contribution is 2.37. The van der Waals surface area contributed by atoms with Crippen LogP contribution in [0.15, 0.2) is 91.1 Å². The van der Waals surface area contributed by atoms with Crippen LogP contribution in [0.3, 0.4) is 0 Å². The van der Waals surface area contributed by atoms with Crippen molar-refractivity contribution in [1.29, 1.82) is 0 Å². The van der Waals surface area contributed by atoms with Crippen LogP contribution < -0.4 is 15.6 Å². The van der Waals surface area contributed by atoms with Crippen molar-refractivity contribution in [3.05, 3.63) is 102 Å². The molecule has 150 valence electrons. The summed E-state index contributed by atoms with van der Waals surface area (Å²) >= 11 is 0. The van der Waals surface area contributed by atoms with E-state index in [1.165, 1.54) is 44.6 Å². The van der Waals surface area contributed by atoms with Crippen LogP contribution in [0.25, 0.3) is 38.4 Å². The van der Waals surface area contributed by atoms with Crippen LogP contribution in [0, 0.1) is 0 Å². The number of benzene rings is 5. The largest absolute Gasteiger partial charge is 0.384 e. The fraction of sp³-hybridized carbons (Fsp3) is 0.0714. The molecule has 0 fully saturated rings. The Labute approximate surface area is 180 Å². The van der Waals surface area contributed by atoms with E-state index < -0.39 is 0 Å². The van der Waals surface area contributed by atoms with E-state index in [-0.39, 0.29) is 0 Å². The molecule has 5 aromatic carbocycles. The third kappa shape index (κ3) is 3.15. The normalized spacial score (nSPS) is 13.5. The lowest BCUT2D eigenvalue weighted by molar-refractivity contribution is 0.242. The lowest BCUT2D eigenvalue weighted by Crippen LogP contribution is -2.14. The highest BCUT2D eigenvalue weighted by Gasteiger charge is 2.12. The number of nitrogens with one attached hydrogen (secondary N) is 2. The summed E-state index contributed by atoms with van der Waals surface area (Å²) in [6.45, 7) is 1.11. The highest BCUT2D eigenvalue weighted by atomic mass is 16.6. The molecule has 0 saturated carbocycles. The molecule has 0 amide bonds. The minimum absolute atomic E-state index is 0.898. The van der Waals surface area contributed by atoms with Crippen LogP contribution >= 0.6 is 0 Å². The highest BCUT2D eigenvalue weighted by molar-refractivity contribution is 6.14. The van der Waals surface area contributed by atoms with Crippen LogP contribution in [0.2, 0.25) is 0 Å². The second kappa shape index (κ2) is 7.37. The second-order valence-electron chi connectivity index (χ2n) is 7.95. The van der Waals surface area contributed by atoms with Crippen molar-refractivity contribution < 1.29 is 4.84 Å². The van der Waals surface area contributed by atoms with Crippen molar-refractivity contribution in [2.45, 2.75) is 6.42 Å². The lowest BCUT2D eigenvalue weighted by Gasteiger charge is -2.16. The molecule has 0 aliphatic carbocycles. The summed E-state index contributed by atoms with van der Waals surface area (Å²) in [5.74, 6) is 0.898. The Morgan fingerprint density at radius 2 is 1.48 bits per heavy atom. The molecular formula is C28H22N2O. The van der Waals surface area contributed by atoms with Gasteiger partial charge in [-0.05, 0) is 69.3 Å². The minimum atomic E-state index is 0.898. The van der Waals surface area contributed by atoms with Gasteiger partial charge in [-0.25, -0.2) is 5.48 Å². The van der Waals surface area contributed by atoms with Gasteiger partial charge in [-0.3, -0.25) is 0 Å². The number of rotatable bonds is 0. The molecule has 0 saturated heterocycles. The fourth-order valence-electron chi connectivity index (χ4n) is 4.52. The molecule has 0 radical (unpaired) electrons. The zero-order valence-electron chi connectivity index (χ0n) is 17.1. The van der Waals surface area contributed by atoms with Crippen LogP contribution in [0.5, 0.6) is 5.75 Å². The van der Waals surface area contributed by atoms with Gasteiger partial charge in [0, 0.05) is 29.4 Å². The molecule has 2 heterocycles. The van der Waals surface area contributed by atoms with E-state index in [9.17, 15) is 0 Å². The van der Waals surface area contributed by atoms with E-state index in [0.29, 0.717) is 0 Å². The lowest BCUT2D eigenvalue weighted by atomic mass is 9.96. The Kier molecular flexibility index (Phi) is 4.24. The summed E-state index contributed by atoms with van der Waals surface area (Å²) in [4.78, 5) is 5.64. The molecule has 2 N–H and O–H groups in total. The van der Waals surface area contributed by atoms with Crippen molar-refractivity contribution in [3.63, 3.8) is 0 Å². The predicted molar refractivity (Wildman–Crippen MR) is 130 cm³/mol. The van der Waals surface area contributed by atoms with Crippen molar-refractivity contribution in [3.8, 4) is 5.75 Å². The van der Waals surface area contributed by atoms with Gasteiger partial charge in [0.05, 0.1) is 0 Å². The van der Waals surface area contributed by atoms with Gasteiger partial charge in [-0.2, -0.15) is 0 Å². The maximum Gasteiger partial charge on any atom is 0.170 e. The average molecular weight is 402 g/mol. The van der Waals surface area contributed by atoms with Crippen molar-refractivity contribution in [1.82, 2.24) is 5.48 Å². The molecular weight excluding hydrogens is 380 g/mol. The third-order valence-electron chi connectivity index (χ3n) is 6.08. The third-order valence-corrected chi connectivity index (χ3v) is 6.08. The van der Waals surface area contributed by atoms with Gasteiger partial charge in [-0.15, -0.1) is 0 Å². The molecule has 3 heteroatoms. The fourth-order valence-corrected chi connectivity index (χ4v) is 4.52. The molecule has 2 aliphatic rings. The SMILES string of the molecule is C1=Cc2ccc3c(ccc4cc5ccccc5cc43)c2ON1.c1ccc2c(c1)CCN2. The summed E-state index contributed by atoms with van der Waals surface area (Å²) in [6, 6.07) is 30.1. The van der Waals surface area contributed by atoms with E-state index in [0.717, 1.165) is 23.2 Å². The number of anilines is 1. The van der Waals surface area contributed by atoms with E-state index in [1.54, 1.807) is 0 Å². The van der Waals surface area contributed by atoms with Crippen molar-refractivity contribution >= 4 is 44.1 Å². The molecule has 5 aromatic rings. The van der Waals surface area contributed by atoms with Gasteiger partial charge in [0.15, 0.2) is 5.75 Å². The molecule has 2 aliphatic heterocycles. The summed E-state index contributed by atoms with van der Waals surface area (Å²) in [6.07, 6.45) is 5.03. The first kappa shape index (κ1) is 17.8. The zero-order valence-corrected chi connectivity index (χ0v) is 17.1. The Bertz CT molecular complexity index is 1450. The molecule has 0 bridgehead atoms. The molecule has 7 rings (SSSR count). The molecule has 0 spiro atoms. The molecule has 0 atom stereocenters. The molecule has 3 nitrogen and oxygen atoms in total. The van der Waals surface area contributed by atoms with Gasteiger partial charge in [0.25, 0.3) is 0 Å². The summed E-state index contributed by atoms with van der Waals surface area (Å²) in [5, 5.41) is 10.7. The summed E-state index contributed by atoms with van der Waals surface area (Å²) in [7, 11) is 0. The van der Waals surface area contributed by atoms with Gasteiger partial charge < -0.3 is 10.2 Å². The van der Waals surface area contributed by atoms with Crippen molar-refractivity contribution in [2.75, 3.05) is 11.9 Å². The monoisotopic (exact) mass is 402 g/mol. The average Bonchev–Trinajstić information content (AvgIpc) is 3.32. The first-order valence-corrected chi connectivity index (χ1v) is 10.7. The number of hydroxylamine groups is 1. The number of hydrogen-bond acceptors (Lipinski definition) is 3. The van der Waals surface area contributed by atoms with Crippen LogP contribution in [-0.4, -0.2) is 6.54 Å². The number of hydrogen-bond donors (Lipinski definition) is 2.